The Morgan fingerprint density at radius 3 is 2.70 bits per heavy atom. The van der Waals surface area contributed by atoms with Gasteiger partial charge in [-0.25, -0.2) is 4.79 Å². The fraction of sp³-hybridized carbons (Fsp3) is 0.412. The van der Waals surface area contributed by atoms with Gasteiger partial charge in [-0.15, -0.1) is 0 Å². The van der Waals surface area contributed by atoms with E-state index in [-0.39, 0.29) is 5.92 Å². The van der Waals surface area contributed by atoms with E-state index in [0.717, 1.165) is 16.5 Å². The molecule has 6 heteroatoms. The highest BCUT2D eigenvalue weighted by atomic mass is 16.4. The predicted octanol–water partition coefficient (Wildman–Crippen LogP) is 1.17. The topological polar surface area (TPSA) is 97.1 Å². The van der Waals surface area contributed by atoms with Crippen molar-refractivity contribution in [3.63, 3.8) is 0 Å². The van der Waals surface area contributed by atoms with Crippen LogP contribution in [0.15, 0.2) is 30.5 Å². The lowest BCUT2D eigenvalue weighted by Crippen LogP contribution is -2.51. The van der Waals surface area contributed by atoms with Crippen molar-refractivity contribution in [1.82, 2.24) is 15.6 Å². The molecule has 0 aliphatic heterocycles. The van der Waals surface area contributed by atoms with Crippen LogP contribution in [0.5, 0.6) is 0 Å². The number of hydrogen-bond acceptors (Lipinski definition) is 3. The van der Waals surface area contributed by atoms with Gasteiger partial charge >= 0.3 is 6.03 Å². The highest BCUT2D eigenvalue weighted by Gasteiger charge is 2.14. The Balaban J connectivity index is 1.83. The maximum atomic E-state index is 11.8. The van der Waals surface area contributed by atoms with Crippen LogP contribution in [0.4, 0.5) is 4.79 Å². The average molecular weight is 316 g/mol. The number of fused-ring (bicyclic) bond motifs is 1. The van der Waals surface area contributed by atoms with Crippen LogP contribution < -0.4 is 15.7 Å². The highest BCUT2D eigenvalue weighted by Crippen LogP contribution is 2.17. The Morgan fingerprint density at radius 2 is 2.00 bits per heavy atom. The number of carboxylic acid groups (broad SMARTS) is 1. The van der Waals surface area contributed by atoms with E-state index >= 15 is 0 Å². The van der Waals surface area contributed by atoms with Crippen molar-refractivity contribution in [3.05, 3.63) is 36.0 Å². The number of amides is 2. The number of H-pyrrole nitrogens is 1. The van der Waals surface area contributed by atoms with Crippen LogP contribution in [0, 0.1) is 5.92 Å². The zero-order valence-electron chi connectivity index (χ0n) is 13.4. The number of carboxylic acids is 1. The van der Waals surface area contributed by atoms with Gasteiger partial charge in [0.2, 0.25) is 0 Å². The van der Waals surface area contributed by atoms with Crippen LogP contribution in [0.1, 0.15) is 25.8 Å². The van der Waals surface area contributed by atoms with Gasteiger partial charge in [-0.05, 0) is 30.4 Å². The number of aromatic nitrogens is 1. The van der Waals surface area contributed by atoms with Crippen molar-refractivity contribution in [2.24, 2.45) is 5.92 Å². The van der Waals surface area contributed by atoms with E-state index in [2.05, 4.69) is 15.6 Å². The van der Waals surface area contributed by atoms with Crippen molar-refractivity contribution >= 4 is 22.9 Å². The molecular weight excluding hydrogens is 294 g/mol. The molecule has 3 N–H and O–H groups in total. The van der Waals surface area contributed by atoms with E-state index in [4.69, 9.17) is 0 Å². The Morgan fingerprint density at radius 1 is 1.26 bits per heavy atom. The quantitative estimate of drug-likeness (QED) is 0.715. The second-order valence-corrected chi connectivity index (χ2v) is 6.01. The molecule has 23 heavy (non-hydrogen) atoms. The summed E-state index contributed by atoms with van der Waals surface area (Å²) in [6.45, 7) is 4.22. The number of nitrogens with one attached hydrogen (secondary N) is 3. The summed E-state index contributed by atoms with van der Waals surface area (Å²) in [5, 5.41) is 17.3. The Hall–Kier alpha value is -2.50. The lowest BCUT2D eigenvalue weighted by atomic mass is 10.0. The number of carbonyl (C=O) groups excluding carboxylic acids is 2. The molecule has 0 radical (unpaired) electrons. The van der Waals surface area contributed by atoms with Crippen LogP contribution in [0.2, 0.25) is 0 Å². The first-order valence-corrected chi connectivity index (χ1v) is 7.77. The molecule has 1 aromatic carbocycles. The molecule has 0 bridgehead atoms. The van der Waals surface area contributed by atoms with E-state index < -0.39 is 18.0 Å². The number of aliphatic carboxylic acids is 1. The fourth-order valence-electron chi connectivity index (χ4n) is 2.54. The van der Waals surface area contributed by atoms with Crippen LogP contribution >= 0.6 is 0 Å². The number of aromatic amines is 1. The molecule has 0 fully saturated rings. The zero-order valence-corrected chi connectivity index (χ0v) is 13.4. The summed E-state index contributed by atoms with van der Waals surface area (Å²) in [5.74, 6) is -1.10. The standard InChI is InChI=1S/C17H23N3O3/c1-11(2)9-15(16(21)22)20-17(23)18-8-7-12-10-19-14-6-4-3-5-13(12)14/h3-6,10-11,15,19H,7-9H2,1-2H3,(H,21,22)(H2,18,20,23)/p-1/t15-/m0/s1. The number of benzene rings is 1. The van der Waals surface area contributed by atoms with E-state index in [1.165, 1.54) is 0 Å². The third-order valence-electron chi connectivity index (χ3n) is 3.65. The summed E-state index contributed by atoms with van der Waals surface area (Å²) in [5.41, 5.74) is 2.17. The predicted molar refractivity (Wildman–Crippen MR) is 86.8 cm³/mol. The van der Waals surface area contributed by atoms with Gasteiger partial charge in [0.05, 0.1) is 12.0 Å². The largest absolute Gasteiger partial charge is 0.548 e. The molecule has 1 aromatic heterocycles. The van der Waals surface area contributed by atoms with Gasteiger partial charge in [0, 0.05) is 23.6 Å². The minimum absolute atomic E-state index is 0.157. The van der Waals surface area contributed by atoms with E-state index in [1.54, 1.807) is 0 Å². The minimum atomic E-state index is -1.26. The minimum Gasteiger partial charge on any atom is -0.548 e. The van der Waals surface area contributed by atoms with Crippen molar-refractivity contribution < 1.29 is 14.7 Å². The second kappa shape index (κ2) is 7.67. The molecule has 2 rings (SSSR count). The first kappa shape index (κ1) is 16.9. The maximum Gasteiger partial charge on any atom is 0.315 e. The molecular formula is C17H22N3O3-. The SMILES string of the molecule is CC(C)C[C@H](NC(=O)NCCc1c[nH]c2ccccc12)C(=O)[O-]. The van der Waals surface area contributed by atoms with Gasteiger partial charge in [0.25, 0.3) is 0 Å². The molecule has 0 saturated heterocycles. The van der Waals surface area contributed by atoms with Crippen LogP contribution in [0.3, 0.4) is 0 Å². The number of rotatable bonds is 7. The van der Waals surface area contributed by atoms with Crippen LogP contribution in [-0.2, 0) is 11.2 Å². The molecule has 6 nitrogen and oxygen atoms in total. The summed E-state index contributed by atoms with van der Waals surface area (Å²) in [4.78, 5) is 26.0. The Kier molecular flexibility index (Phi) is 5.62. The van der Waals surface area contributed by atoms with Gasteiger partial charge in [-0.3, -0.25) is 0 Å². The van der Waals surface area contributed by atoms with Crippen molar-refractivity contribution in [3.8, 4) is 0 Å². The van der Waals surface area contributed by atoms with Gasteiger partial charge in [0.15, 0.2) is 0 Å². The van der Waals surface area contributed by atoms with E-state index in [0.29, 0.717) is 19.4 Å². The average Bonchev–Trinajstić information content (AvgIpc) is 2.89. The first-order chi connectivity index (χ1) is 11.0. The fourth-order valence-corrected chi connectivity index (χ4v) is 2.54. The molecule has 2 amide bonds. The molecule has 0 spiro atoms. The lowest BCUT2D eigenvalue weighted by molar-refractivity contribution is -0.308. The van der Waals surface area contributed by atoms with Crippen LogP contribution in [-0.4, -0.2) is 29.6 Å². The van der Waals surface area contributed by atoms with Crippen molar-refractivity contribution in [2.75, 3.05) is 6.54 Å². The monoisotopic (exact) mass is 316 g/mol. The van der Waals surface area contributed by atoms with Gasteiger partial charge in [-0.2, -0.15) is 0 Å². The van der Waals surface area contributed by atoms with Crippen molar-refractivity contribution in [2.45, 2.75) is 32.7 Å². The smallest absolute Gasteiger partial charge is 0.315 e. The molecule has 2 aromatic rings. The van der Waals surface area contributed by atoms with E-state index in [9.17, 15) is 14.7 Å². The molecule has 1 heterocycles. The summed E-state index contributed by atoms with van der Waals surface area (Å²) >= 11 is 0. The molecule has 0 aliphatic rings. The number of carbonyl (C=O) groups is 2. The molecule has 0 aliphatic carbocycles. The Bertz CT molecular complexity index is 679. The molecule has 0 unspecified atom stereocenters. The summed E-state index contributed by atoms with van der Waals surface area (Å²) in [6, 6.07) is 6.49. The zero-order chi connectivity index (χ0) is 16.8. The number of para-hydroxylation sites is 1. The van der Waals surface area contributed by atoms with Gasteiger partial charge in [0.1, 0.15) is 0 Å². The van der Waals surface area contributed by atoms with Gasteiger partial charge < -0.3 is 25.5 Å². The van der Waals surface area contributed by atoms with E-state index in [1.807, 2.05) is 44.3 Å². The first-order valence-electron chi connectivity index (χ1n) is 7.77. The summed E-state index contributed by atoms with van der Waals surface area (Å²) in [6.07, 6.45) is 2.93. The molecule has 1 atom stereocenters. The third kappa shape index (κ3) is 4.74. The molecule has 0 saturated carbocycles. The highest BCUT2D eigenvalue weighted by molar-refractivity contribution is 5.83. The van der Waals surface area contributed by atoms with Crippen molar-refractivity contribution in [1.29, 1.82) is 0 Å². The van der Waals surface area contributed by atoms with Gasteiger partial charge in [-0.1, -0.05) is 32.0 Å². The van der Waals surface area contributed by atoms with Crippen LogP contribution in [0.25, 0.3) is 10.9 Å². The second-order valence-electron chi connectivity index (χ2n) is 6.01. The number of hydrogen-bond donors (Lipinski definition) is 3. The summed E-state index contributed by atoms with van der Waals surface area (Å²) in [7, 11) is 0. The summed E-state index contributed by atoms with van der Waals surface area (Å²) < 4.78 is 0. The Labute approximate surface area is 135 Å². The normalized spacial score (nSPS) is 12.3. The maximum absolute atomic E-state index is 11.8. The third-order valence-corrected chi connectivity index (χ3v) is 3.65. The molecule has 124 valence electrons. The number of urea groups is 1. The lowest BCUT2D eigenvalue weighted by Gasteiger charge is -2.21.